The number of ether oxygens (including phenoxy) is 3. The van der Waals surface area contributed by atoms with E-state index < -0.39 is 17.9 Å². The van der Waals surface area contributed by atoms with Crippen LogP contribution in [0, 0.1) is 12.8 Å². The molecule has 0 fully saturated rings. The zero-order chi connectivity index (χ0) is 16.0. The fourth-order valence-corrected chi connectivity index (χ4v) is 2.12. The van der Waals surface area contributed by atoms with E-state index in [4.69, 9.17) is 15.2 Å². The fraction of sp³-hybridized carbons (Fsp3) is 0.467. The summed E-state index contributed by atoms with van der Waals surface area (Å²) in [6, 6.07) is 3.57. The number of rotatable bonds is 6. The highest BCUT2D eigenvalue weighted by Crippen LogP contribution is 2.29. The van der Waals surface area contributed by atoms with E-state index in [0.29, 0.717) is 17.9 Å². The smallest absolute Gasteiger partial charge is 0.309 e. The van der Waals surface area contributed by atoms with Crippen molar-refractivity contribution in [2.24, 2.45) is 5.92 Å². The van der Waals surface area contributed by atoms with Gasteiger partial charge in [0.15, 0.2) is 0 Å². The van der Waals surface area contributed by atoms with Gasteiger partial charge >= 0.3 is 11.9 Å². The lowest BCUT2D eigenvalue weighted by molar-refractivity contribution is -0.151. The van der Waals surface area contributed by atoms with Gasteiger partial charge in [-0.05, 0) is 25.0 Å². The summed E-state index contributed by atoms with van der Waals surface area (Å²) in [4.78, 5) is 23.2. The van der Waals surface area contributed by atoms with E-state index >= 15 is 0 Å². The number of carbonyl (C=O) groups is 2. The largest absolute Gasteiger partial charge is 0.496 e. The summed E-state index contributed by atoms with van der Waals surface area (Å²) in [7, 11) is 4.13. The van der Waals surface area contributed by atoms with E-state index in [1.165, 1.54) is 14.2 Å². The molecular formula is C15H21NO5. The molecule has 0 aliphatic heterocycles. The third-order valence-electron chi connectivity index (χ3n) is 3.42. The molecule has 1 aromatic rings. The van der Waals surface area contributed by atoms with Gasteiger partial charge in [-0.1, -0.05) is 6.07 Å². The van der Waals surface area contributed by atoms with Crippen LogP contribution in [0.1, 0.15) is 17.5 Å². The number of esters is 2. The van der Waals surface area contributed by atoms with Crippen molar-refractivity contribution in [3.05, 3.63) is 23.3 Å². The number of hydrogen-bond donors (Lipinski definition) is 1. The average Bonchev–Trinajstić information content (AvgIpc) is 2.50. The van der Waals surface area contributed by atoms with Gasteiger partial charge in [-0.25, -0.2) is 0 Å². The molecule has 1 aromatic carbocycles. The summed E-state index contributed by atoms with van der Waals surface area (Å²) in [5.74, 6) is -0.876. The van der Waals surface area contributed by atoms with Crippen molar-refractivity contribution in [2.45, 2.75) is 19.8 Å². The molecule has 0 radical (unpaired) electrons. The molecule has 0 aliphatic carbocycles. The highest BCUT2D eigenvalue weighted by Gasteiger charge is 2.25. The molecule has 6 heteroatoms. The van der Waals surface area contributed by atoms with Gasteiger partial charge in [-0.2, -0.15) is 0 Å². The number of hydrogen-bond acceptors (Lipinski definition) is 6. The van der Waals surface area contributed by atoms with Crippen molar-refractivity contribution >= 4 is 17.6 Å². The molecular weight excluding hydrogens is 274 g/mol. The van der Waals surface area contributed by atoms with Gasteiger partial charge in [0.2, 0.25) is 0 Å². The number of anilines is 1. The van der Waals surface area contributed by atoms with E-state index in [2.05, 4.69) is 4.74 Å². The number of methoxy groups -OCH3 is 3. The number of nitrogen functional groups attached to an aromatic ring is 1. The van der Waals surface area contributed by atoms with Crippen LogP contribution in [0.3, 0.4) is 0 Å². The van der Waals surface area contributed by atoms with Gasteiger partial charge in [0, 0.05) is 11.3 Å². The molecule has 0 saturated carbocycles. The monoisotopic (exact) mass is 295 g/mol. The minimum atomic E-state index is -0.627. The summed E-state index contributed by atoms with van der Waals surface area (Å²) >= 11 is 0. The van der Waals surface area contributed by atoms with Gasteiger partial charge in [0.05, 0.1) is 33.7 Å². The van der Waals surface area contributed by atoms with E-state index in [1.807, 2.05) is 6.92 Å². The van der Waals surface area contributed by atoms with Crippen LogP contribution >= 0.6 is 0 Å². The zero-order valence-corrected chi connectivity index (χ0v) is 12.8. The highest BCUT2D eigenvalue weighted by molar-refractivity contribution is 5.80. The molecule has 1 atom stereocenters. The molecule has 0 bridgehead atoms. The third-order valence-corrected chi connectivity index (χ3v) is 3.42. The van der Waals surface area contributed by atoms with Crippen LogP contribution in [0.5, 0.6) is 5.75 Å². The summed E-state index contributed by atoms with van der Waals surface area (Å²) in [6.07, 6.45) is 0.256. The number of nitrogens with two attached hydrogens (primary N) is 1. The number of benzene rings is 1. The highest BCUT2D eigenvalue weighted by atomic mass is 16.5. The summed E-state index contributed by atoms with van der Waals surface area (Å²) in [5, 5.41) is 0. The van der Waals surface area contributed by atoms with Crippen molar-refractivity contribution in [2.75, 3.05) is 27.1 Å². The van der Waals surface area contributed by atoms with Gasteiger partial charge < -0.3 is 19.9 Å². The minimum Gasteiger partial charge on any atom is -0.496 e. The maximum absolute atomic E-state index is 11.8. The summed E-state index contributed by atoms with van der Waals surface area (Å²) in [5.41, 5.74) is 8.19. The first-order chi connectivity index (χ1) is 9.94. The predicted octanol–water partition coefficient (Wildman–Crippen LogP) is 1.48. The van der Waals surface area contributed by atoms with Crippen molar-refractivity contribution in [1.82, 2.24) is 0 Å². The average molecular weight is 295 g/mol. The summed E-state index contributed by atoms with van der Waals surface area (Å²) in [6.45, 7) is 1.84. The van der Waals surface area contributed by atoms with Gasteiger partial charge in [0.25, 0.3) is 0 Å². The molecule has 0 spiro atoms. The van der Waals surface area contributed by atoms with Crippen LogP contribution in [0.2, 0.25) is 0 Å². The molecule has 0 heterocycles. The van der Waals surface area contributed by atoms with Crippen molar-refractivity contribution in [1.29, 1.82) is 0 Å². The summed E-state index contributed by atoms with van der Waals surface area (Å²) < 4.78 is 14.5. The molecule has 0 amide bonds. The Morgan fingerprint density at radius 1 is 1.19 bits per heavy atom. The molecule has 21 heavy (non-hydrogen) atoms. The van der Waals surface area contributed by atoms with Crippen LogP contribution in [0.4, 0.5) is 5.69 Å². The molecule has 1 unspecified atom stereocenters. The first kappa shape index (κ1) is 16.8. The van der Waals surface area contributed by atoms with Crippen molar-refractivity contribution in [3.8, 4) is 5.75 Å². The van der Waals surface area contributed by atoms with E-state index in [1.54, 1.807) is 19.2 Å². The minimum absolute atomic E-state index is 0.0479. The second kappa shape index (κ2) is 7.52. The standard InChI is InChI=1S/C15H21NO5/c1-9-12(19-2)6-5-10(14(9)16)7-11(15(18)21-4)8-13(17)20-3/h5-6,11H,7-8,16H2,1-4H3. The Bertz CT molecular complexity index is 527. The molecule has 6 nitrogen and oxygen atoms in total. The Labute approximate surface area is 124 Å². The van der Waals surface area contributed by atoms with Crippen LogP contribution < -0.4 is 10.5 Å². The van der Waals surface area contributed by atoms with Crippen LogP contribution in [0.25, 0.3) is 0 Å². The molecule has 0 saturated heterocycles. The lowest BCUT2D eigenvalue weighted by atomic mass is 9.93. The second-order valence-electron chi connectivity index (χ2n) is 4.67. The molecule has 116 valence electrons. The molecule has 1 rings (SSSR count). The van der Waals surface area contributed by atoms with Gasteiger partial charge in [-0.15, -0.1) is 0 Å². The topological polar surface area (TPSA) is 87.9 Å². The lowest BCUT2D eigenvalue weighted by Crippen LogP contribution is -2.23. The molecule has 0 aliphatic rings. The van der Waals surface area contributed by atoms with Crippen molar-refractivity contribution in [3.63, 3.8) is 0 Å². The first-order valence-electron chi connectivity index (χ1n) is 6.51. The first-order valence-corrected chi connectivity index (χ1v) is 6.51. The second-order valence-corrected chi connectivity index (χ2v) is 4.67. The fourth-order valence-electron chi connectivity index (χ4n) is 2.12. The Morgan fingerprint density at radius 2 is 1.86 bits per heavy atom. The molecule has 0 aromatic heterocycles. The Balaban J connectivity index is 3.01. The van der Waals surface area contributed by atoms with Crippen LogP contribution in [-0.2, 0) is 25.5 Å². The zero-order valence-electron chi connectivity index (χ0n) is 12.8. The third kappa shape index (κ3) is 4.11. The van der Waals surface area contributed by atoms with E-state index in [0.717, 1.165) is 11.1 Å². The Morgan fingerprint density at radius 3 is 2.38 bits per heavy atom. The maximum Gasteiger partial charge on any atom is 0.309 e. The number of carbonyl (C=O) groups excluding carboxylic acids is 2. The van der Waals surface area contributed by atoms with E-state index in [-0.39, 0.29) is 6.42 Å². The van der Waals surface area contributed by atoms with Crippen LogP contribution in [0.15, 0.2) is 12.1 Å². The SMILES string of the molecule is COC(=O)CC(Cc1ccc(OC)c(C)c1N)C(=O)OC. The Hall–Kier alpha value is -2.24. The molecule has 2 N–H and O–H groups in total. The quantitative estimate of drug-likeness (QED) is 0.632. The normalized spacial score (nSPS) is 11.6. The van der Waals surface area contributed by atoms with Gasteiger partial charge in [-0.3, -0.25) is 9.59 Å². The lowest BCUT2D eigenvalue weighted by Gasteiger charge is -2.17. The van der Waals surface area contributed by atoms with Gasteiger partial charge in [0.1, 0.15) is 5.75 Å². The van der Waals surface area contributed by atoms with E-state index in [9.17, 15) is 9.59 Å². The maximum atomic E-state index is 11.8. The van der Waals surface area contributed by atoms with Crippen molar-refractivity contribution < 1.29 is 23.8 Å². The van der Waals surface area contributed by atoms with Crippen LogP contribution in [-0.4, -0.2) is 33.3 Å². The predicted molar refractivity (Wildman–Crippen MR) is 78.0 cm³/mol. The Kier molecular flexibility index (Phi) is 6.02.